The van der Waals surface area contributed by atoms with Crippen molar-refractivity contribution in [3.63, 3.8) is 0 Å². The Kier molecular flexibility index (Phi) is 7.69. The number of hydrogen-bond donors (Lipinski definition) is 0. The van der Waals surface area contributed by atoms with E-state index in [1.807, 2.05) is 21.0 Å². The lowest BCUT2D eigenvalue weighted by Gasteiger charge is -2.08. The number of carbonyl (C=O) groups is 1. The molecule has 3 heteroatoms. The number of carbonyl (C=O) groups excluding carboxylic acids is 1. The molecule has 0 amide bonds. The molecule has 0 rings (SSSR count). The summed E-state index contributed by atoms with van der Waals surface area (Å²) < 4.78 is 5.01. The maximum atomic E-state index is 10.9. The standard InChI is InChI=1S/C10H21NO2/c1-4-7-10(12)13-9-6-5-8-11(2)3/h4-9H2,1-3H3. The van der Waals surface area contributed by atoms with E-state index in [-0.39, 0.29) is 5.97 Å². The molecule has 0 saturated heterocycles. The van der Waals surface area contributed by atoms with Crippen molar-refractivity contribution in [2.24, 2.45) is 0 Å². The van der Waals surface area contributed by atoms with Crippen molar-refractivity contribution in [3.8, 4) is 0 Å². The van der Waals surface area contributed by atoms with Gasteiger partial charge in [-0.25, -0.2) is 0 Å². The van der Waals surface area contributed by atoms with Gasteiger partial charge in [-0.05, 0) is 39.9 Å². The van der Waals surface area contributed by atoms with Crippen molar-refractivity contribution in [2.45, 2.75) is 32.6 Å². The number of esters is 1. The maximum Gasteiger partial charge on any atom is 0.305 e. The Bertz CT molecular complexity index is 135. The van der Waals surface area contributed by atoms with Crippen LogP contribution in [-0.2, 0) is 9.53 Å². The van der Waals surface area contributed by atoms with Gasteiger partial charge in [0.15, 0.2) is 0 Å². The molecule has 0 bridgehead atoms. The van der Waals surface area contributed by atoms with Gasteiger partial charge in [0.1, 0.15) is 0 Å². The minimum Gasteiger partial charge on any atom is -0.466 e. The smallest absolute Gasteiger partial charge is 0.305 e. The zero-order valence-electron chi connectivity index (χ0n) is 9.01. The summed E-state index contributed by atoms with van der Waals surface area (Å²) >= 11 is 0. The molecule has 0 aromatic carbocycles. The van der Waals surface area contributed by atoms with Crippen molar-refractivity contribution in [1.82, 2.24) is 4.90 Å². The topological polar surface area (TPSA) is 29.5 Å². The van der Waals surface area contributed by atoms with E-state index in [9.17, 15) is 4.79 Å². The lowest BCUT2D eigenvalue weighted by molar-refractivity contribution is -0.143. The van der Waals surface area contributed by atoms with Crippen LogP contribution in [0.1, 0.15) is 32.6 Å². The van der Waals surface area contributed by atoms with Gasteiger partial charge in [0.2, 0.25) is 0 Å². The summed E-state index contributed by atoms with van der Waals surface area (Å²) in [6.07, 6.45) is 3.48. The van der Waals surface area contributed by atoms with Crippen molar-refractivity contribution in [2.75, 3.05) is 27.2 Å². The van der Waals surface area contributed by atoms with Crippen LogP contribution in [0.15, 0.2) is 0 Å². The van der Waals surface area contributed by atoms with Crippen LogP contribution < -0.4 is 0 Å². The molecule has 0 radical (unpaired) electrons. The number of ether oxygens (including phenoxy) is 1. The van der Waals surface area contributed by atoms with E-state index < -0.39 is 0 Å². The van der Waals surface area contributed by atoms with Gasteiger partial charge in [-0.15, -0.1) is 0 Å². The molecular formula is C10H21NO2. The van der Waals surface area contributed by atoms with Crippen LogP contribution in [0.25, 0.3) is 0 Å². The van der Waals surface area contributed by atoms with E-state index in [1.54, 1.807) is 0 Å². The zero-order chi connectivity index (χ0) is 10.1. The van der Waals surface area contributed by atoms with E-state index >= 15 is 0 Å². The Labute approximate surface area is 81.1 Å². The molecule has 0 aliphatic heterocycles. The Balaban J connectivity index is 3.11. The van der Waals surface area contributed by atoms with E-state index in [0.29, 0.717) is 13.0 Å². The summed E-state index contributed by atoms with van der Waals surface area (Å²) in [6, 6.07) is 0. The zero-order valence-corrected chi connectivity index (χ0v) is 9.01. The monoisotopic (exact) mass is 187 g/mol. The molecule has 0 aliphatic rings. The van der Waals surface area contributed by atoms with Crippen LogP contribution >= 0.6 is 0 Å². The van der Waals surface area contributed by atoms with E-state index in [1.165, 1.54) is 0 Å². The van der Waals surface area contributed by atoms with Crippen molar-refractivity contribution < 1.29 is 9.53 Å². The average Bonchev–Trinajstić information content (AvgIpc) is 2.03. The van der Waals surface area contributed by atoms with Crippen LogP contribution in [0.3, 0.4) is 0 Å². The van der Waals surface area contributed by atoms with Crippen molar-refractivity contribution >= 4 is 5.97 Å². The first-order valence-electron chi connectivity index (χ1n) is 4.97. The van der Waals surface area contributed by atoms with Gasteiger partial charge in [0, 0.05) is 6.42 Å². The van der Waals surface area contributed by atoms with Gasteiger partial charge in [-0.2, -0.15) is 0 Å². The molecule has 0 aliphatic carbocycles. The fourth-order valence-electron chi connectivity index (χ4n) is 0.992. The molecule has 0 heterocycles. The first kappa shape index (κ1) is 12.4. The molecular weight excluding hydrogens is 166 g/mol. The summed E-state index contributed by atoms with van der Waals surface area (Å²) in [5.41, 5.74) is 0. The number of unbranched alkanes of at least 4 members (excludes halogenated alkanes) is 1. The molecule has 0 aromatic rings. The molecule has 0 saturated carbocycles. The highest BCUT2D eigenvalue weighted by Gasteiger charge is 1.99. The van der Waals surface area contributed by atoms with Crippen molar-refractivity contribution in [3.05, 3.63) is 0 Å². The van der Waals surface area contributed by atoms with Gasteiger partial charge in [0.25, 0.3) is 0 Å². The largest absolute Gasteiger partial charge is 0.466 e. The molecule has 0 atom stereocenters. The maximum absolute atomic E-state index is 10.9. The fraction of sp³-hybridized carbons (Fsp3) is 0.900. The van der Waals surface area contributed by atoms with Crippen LogP contribution in [-0.4, -0.2) is 38.1 Å². The van der Waals surface area contributed by atoms with Crippen LogP contribution in [0.4, 0.5) is 0 Å². The molecule has 78 valence electrons. The van der Waals surface area contributed by atoms with Crippen molar-refractivity contribution in [1.29, 1.82) is 0 Å². The van der Waals surface area contributed by atoms with E-state index in [4.69, 9.17) is 4.74 Å². The average molecular weight is 187 g/mol. The molecule has 0 unspecified atom stereocenters. The first-order chi connectivity index (χ1) is 6.16. The third-order valence-corrected chi connectivity index (χ3v) is 1.72. The lowest BCUT2D eigenvalue weighted by Crippen LogP contribution is -2.14. The molecule has 3 nitrogen and oxygen atoms in total. The summed E-state index contributed by atoms with van der Waals surface area (Å²) in [7, 11) is 4.09. The highest BCUT2D eigenvalue weighted by atomic mass is 16.5. The highest BCUT2D eigenvalue weighted by Crippen LogP contribution is 1.95. The predicted molar refractivity (Wildman–Crippen MR) is 53.7 cm³/mol. The number of nitrogens with zero attached hydrogens (tertiary/aromatic N) is 1. The minimum atomic E-state index is -0.0626. The second-order valence-electron chi connectivity index (χ2n) is 3.48. The van der Waals surface area contributed by atoms with Crippen LogP contribution in [0, 0.1) is 0 Å². The van der Waals surface area contributed by atoms with Gasteiger partial charge in [-0.3, -0.25) is 4.79 Å². The predicted octanol–water partition coefficient (Wildman–Crippen LogP) is 1.67. The third kappa shape index (κ3) is 9.34. The summed E-state index contributed by atoms with van der Waals surface area (Å²) in [5.74, 6) is -0.0626. The second kappa shape index (κ2) is 8.05. The third-order valence-electron chi connectivity index (χ3n) is 1.72. The van der Waals surface area contributed by atoms with Crippen LogP contribution in [0.5, 0.6) is 0 Å². The summed E-state index contributed by atoms with van der Waals surface area (Å²) in [5, 5.41) is 0. The van der Waals surface area contributed by atoms with Gasteiger partial charge >= 0.3 is 5.97 Å². The molecule has 0 N–H and O–H groups in total. The van der Waals surface area contributed by atoms with E-state index in [2.05, 4.69) is 4.90 Å². The Hall–Kier alpha value is -0.570. The van der Waals surface area contributed by atoms with Gasteiger partial charge in [0.05, 0.1) is 6.61 Å². The van der Waals surface area contributed by atoms with Gasteiger partial charge in [-0.1, -0.05) is 6.92 Å². The second-order valence-corrected chi connectivity index (χ2v) is 3.48. The lowest BCUT2D eigenvalue weighted by atomic mass is 10.3. The van der Waals surface area contributed by atoms with E-state index in [0.717, 1.165) is 25.8 Å². The summed E-state index contributed by atoms with van der Waals surface area (Å²) in [6.45, 7) is 3.62. The number of hydrogen-bond acceptors (Lipinski definition) is 3. The highest BCUT2D eigenvalue weighted by molar-refractivity contribution is 5.69. The fourth-order valence-corrected chi connectivity index (χ4v) is 0.992. The van der Waals surface area contributed by atoms with Gasteiger partial charge < -0.3 is 9.64 Å². The Morgan fingerprint density at radius 2 is 2.00 bits per heavy atom. The molecule has 0 aromatic heterocycles. The first-order valence-corrected chi connectivity index (χ1v) is 4.97. The molecule has 13 heavy (non-hydrogen) atoms. The molecule has 0 spiro atoms. The number of rotatable bonds is 7. The molecule has 0 fully saturated rings. The Morgan fingerprint density at radius 3 is 2.54 bits per heavy atom. The SMILES string of the molecule is CCCC(=O)OCCCCN(C)C. The normalized spacial score (nSPS) is 10.5. The Morgan fingerprint density at radius 1 is 1.31 bits per heavy atom. The minimum absolute atomic E-state index is 0.0626. The summed E-state index contributed by atoms with van der Waals surface area (Å²) in [4.78, 5) is 13.0. The quantitative estimate of drug-likeness (QED) is 0.448. The van der Waals surface area contributed by atoms with Crippen LogP contribution in [0.2, 0.25) is 0 Å².